The van der Waals surface area contributed by atoms with Gasteiger partial charge in [0.05, 0.1) is 12.1 Å². The van der Waals surface area contributed by atoms with E-state index in [0.29, 0.717) is 6.42 Å². The molecule has 1 fully saturated rings. The van der Waals surface area contributed by atoms with Gasteiger partial charge >= 0.3 is 0 Å². The lowest BCUT2D eigenvalue weighted by Crippen LogP contribution is -2.48. The summed E-state index contributed by atoms with van der Waals surface area (Å²) < 4.78 is 27.1. The number of benzene rings is 1. The van der Waals surface area contributed by atoms with E-state index < -0.39 is 17.2 Å². The van der Waals surface area contributed by atoms with Gasteiger partial charge in [0.1, 0.15) is 5.41 Å². The molecule has 2 atom stereocenters. The molecule has 3 rings (SSSR count). The highest BCUT2D eigenvalue weighted by Gasteiger charge is 2.64. The molecular weight excluding hydrogens is 262 g/mol. The van der Waals surface area contributed by atoms with Crippen LogP contribution in [0.3, 0.4) is 0 Å². The first-order valence-corrected chi connectivity index (χ1v) is 6.87. The molecule has 0 bridgehead atoms. The third-order valence-electron chi connectivity index (χ3n) is 4.63. The molecule has 3 nitrogen and oxygen atoms in total. The largest absolute Gasteiger partial charge is 0.350 e. The van der Waals surface area contributed by atoms with Gasteiger partial charge in [0.2, 0.25) is 5.91 Å². The van der Waals surface area contributed by atoms with Gasteiger partial charge in [-0.3, -0.25) is 4.79 Å². The number of fused-ring (bicyclic) bond motifs is 1. The second-order valence-electron chi connectivity index (χ2n) is 5.98. The summed E-state index contributed by atoms with van der Waals surface area (Å²) in [6, 6.07) is 7.08. The maximum atomic E-state index is 13.6. The molecule has 0 radical (unpaired) electrons. The lowest BCUT2D eigenvalue weighted by atomic mass is 9.97. The van der Waals surface area contributed by atoms with E-state index in [2.05, 4.69) is 5.32 Å². The molecule has 1 amide bonds. The Kier molecular flexibility index (Phi) is 2.87. The monoisotopic (exact) mass is 280 g/mol. The predicted molar refractivity (Wildman–Crippen MR) is 71.3 cm³/mol. The molecule has 2 aliphatic rings. The van der Waals surface area contributed by atoms with Crippen molar-refractivity contribution in [1.82, 2.24) is 5.32 Å². The molecule has 3 N–H and O–H groups in total. The van der Waals surface area contributed by atoms with Gasteiger partial charge in [0.15, 0.2) is 0 Å². The van der Waals surface area contributed by atoms with Gasteiger partial charge in [0.25, 0.3) is 5.92 Å². The Morgan fingerprint density at radius 3 is 2.60 bits per heavy atom. The van der Waals surface area contributed by atoms with Crippen molar-refractivity contribution in [2.75, 3.05) is 0 Å². The summed E-state index contributed by atoms with van der Waals surface area (Å²) in [5, 5.41) is 2.74. The van der Waals surface area contributed by atoms with Crippen LogP contribution in [0.4, 0.5) is 8.78 Å². The number of hydrogen-bond donors (Lipinski definition) is 2. The molecule has 1 saturated carbocycles. The van der Waals surface area contributed by atoms with Crippen LogP contribution in [-0.4, -0.2) is 17.9 Å². The molecule has 0 aliphatic heterocycles. The van der Waals surface area contributed by atoms with Gasteiger partial charge in [-0.05, 0) is 30.4 Å². The quantitative estimate of drug-likeness (QED) is 0.891. The fourth-order valence-corrected chi connectivity index (χ4v) is 3.06. The molecule has 0 spiro atoms. The fraction of sp³-hybridized carbons (Fsp3) is 0.533. The third kappa shape index (κ3) is 1.92. The van der Waals surface area contributed by atoms with Crippen molar-refractivity contribution in [3.63, 3.8) is 0 Å². The number of halogens is 2. The minimum absolute atomic E-state index is 0.247. The van der Waals surface area contributed by atoms with Gasteiger partial charge in [-0.25, -0.2) is 8.78 Å². The molecule has 5 heteroatoms. The van der Waals surface area contributed by atoms with Crippen LogP contribution in [0, 0.1) is 5.41 Å². The van der Waals surface area contributed by atoms with Crippen molar-refractivity contribution in [3.05, 3.63) is 35.4 Å². The first-order valence-electron chi connectivity index (χ1n) is 6.87. The zero-order valence-electron chi connectivity index (χ0n) is 11.3. The standard InChI is InChI=1S/C15H18F2N2O/c1-14(16,17)15(6-7-15)13(20)19-11-8-9-4-2-3-5-10(9)12(11)18/h2-5,11-12H,6-8,18H2,1H3,(H,19,20)/t11-,12-/m1/s1. The van der Waals surface area contributed by atoms with Gasteiger partial charge in [-0.15, -0.1) is 0 Å². The van der Waals surface area contributed by atoms with Crippen LogP contribution < -0.4 is 11.1 Å². The first kappa shape index (κ1) is 13.5. The second-order valence-corrected chi connectivity index (χ2v) is 5.98. The first-order chi connectivity index (χ1) is 9.35. The maximum absolute atomic E-state index is 13.6. The van der Waals surface area contributed by atoms with E-state index in [1.807, 2.05) is 24.3 Å². The van der Waals surface area contributed by atoms with Gasteiger partial charge in [-0.1, -0.05) is 24.3 Å². The molecule has 0 saturated heterocycles. The molecule has 0 aromatic heterocycles. The van der Waals surface area contributed by atoms with Gasteiger partial charge in [0, 0.05) is 6.92 Å². The summed E-state index contributed by atoms with van der Waals surface area (Å²) in [5.74, 6) is -3.54. The minimum Gasteiger partial charge on any atom is -0.350 e. The molecule has 1 aromatic carbocycles. The predicted octanol–water partition coefficient (Wildman–Crippen LogP) is 2.16. The Hall–Kier alpha value is -1.49. The van der Waals surface area contributed by atoms with Crippen molar-refractivity contribution >= 4 is 5.91 Å². The minimum atomic E-state index is -2.98. The van der Waals surface area contributed by atoms with Crippen LogP contribution in [0.15, 0.2) is 24.3 Å². The smallest absolute Gasteiger partial charge is 0.259 e. The number of nitrogens with one attached hydrogen (secondary N) is 1. The zero-order valence-corrected chi connectivity index (χ0v) is 11.3. The highest BCUT2D eigenvalue weighted by Crippen LogP contribution is 2.57. The van der Waals surface area contributed by atoms with E-state index in [1.54, 1.807) is 0 Å². The van der Waals surface area contributed by atoms with Crippen LogP contribution in [0.1, 0.15) is 36.9 Å². The lowest BCUT2D eigenvalue weighted by molar-refractivity contribution is -0.142. The Morgan fingerprint density at radius 1 is 1.40 bits per heavy atom. The number of carbonyl (C=O) groups is 1. The number of carbonyl (C=O) groups excluding carboxylic acids is 1. The molecule has 0 unspecified atom stereocenters. The van der Waals surface area contributed by atoms with Crippen molar-refractivity contribution in [3.8, 4) is 0 Å². The third-order valence-corrected chi connectivity index (χ3v) is 4.63. The summed E-state index contributed by atoms with van der Waals surface area (Å²) >= 11 is 0. The van der Waals surface area contributed by atoms with Crippen molar-refractivity contribution < 1.29 is 13.6 Å². The van der Waals surface area contributed by atoms with Crippen molar-refractivity contribution in [2.45, 2.75) is 44.2 Å². The van der Waals surface area contributed by atoms with Crippen molar-refractivity contribution in [2.24, 2.45) is 11.1 Å². The zero-order chi connectivity index (χ0) is 14.5. The van der Waals surface area contributed by atoms with Gasteiger partial charge < -0.3 is 11.1 Å². The van der Waals surface area contributed by atoms with E-state index >= 15 is 0 Å². The Labute approximate surface area is 116 Å². The summed E-state index contributed by atoms with van der Waals surface area (Å²) in [4.78, 5) is 12.2. The maximum Gasteiger partial charge on any atom is 0.259 e. The highest BCUT2D eigenvalue weighted by molar-refractivity contribution is 5.87. The normalized spacial score (nSPS) is 27.0. The molecule has 108 valence electrons. The topological polar surface area (TPSA) is 55.1 Å². The number of nitrogens with two attached hydrogens (primary N) is 1. The molecular formula is C15H18F2N2O. The van der Waals surface area contributed by atoms with E-state index in [9.17, 15) is 13.6 Å². The van der Waals surface area contributed by atoms with E-state index in [0.717, 1.165) is 18.1 Å². The number of amides is 1. The van der Waals surface area contributed by atoms with E-state index in [4.69, 9.17) is 5.73 Å². The average Bonchev–Trinajstić information content (AvgIpc) is 3.14. The molecule has 1 aromatic rings. The fourth-order valence-electron chi connectivity index (χ4n) is 3.06. The second kappa shape index (κ2) is 4.25. The highest BCUT2D eigenvalue weighted by atomic mass is 19.3. The molecule has 0 heterocycles. The van der Waals surface area contributed by atoms with Crippen LogP contribution in [0.5, 0.6) is 0 Å². The van der Waals surface area contributed by atoms with Crippen LogP contribution in [-0.2, 0) is 11.2 Å². The SMILES string of the molecule is CC(F)(F)C1(C(=O)N[C@@H]2Cc3ccccc3[C@H]2N)CC1. The lowest BCUT2D eigenvalue weighted by Gasteiger charge is -2.25. The molecule has 20 heavy (non-hydrogen) atoms. The summed E-state index contributed by atoms with van der Waals surface area (Å²) in [6.45, 7) is 0.822. The van der Waals surface area contributed by atoms with Crippen LogP contribution >= 0.6 is 0 Å². The Morgan fingerprint density at radius 2 is 2.05 bits per heavy atom. The van der Waals surface area contributed by atoms with Crippen molar-refractivity contribution in [1.29, 1.82) is 0 Å². The van der Waals surface area contributed by atoms with Gasteiger partial charge in [-0.2, -0.15) is 0 Å². The van der Waals surface area contributed by atoms with Crippen LogP contribution in [0.2, 0.25) is 0 Å². The summed E-state index contributed by atoms with van der Waals surface area (Å²) in [6.07, 6.45) is 1.10. The average molecular weight is 280 g/mol. The summed E-state index contributed by atoms with van der Waals surface area (Å²) in [7, 11) is 0. The Balaban J connectivity index is 1.74. The molecule has 2 aliphatic carbocycles. The van der Waals surface area contributed by atoms with Crippen LogP contribution in [0.25, 0.3) is 0 Å². The number of alkyl halides is 2. The number of hydrogen-bond acceptors (Lipinski definition) is 2. The van der Waals surface area contributed by atoms with E-state index in [1.165, 1.54) is 0 Å². The Bertz CT molecular complexity index is 549. The number of rotatable bonds is 3. The summed E-state index contributed by atoms with van der Waals surface area (Å²) in [5.41, 5.74) is 6.67. The van der Waals surface area contributed by atoms with E-state index in [-0.39, 0.29) is 24.9 Å².